The van der Waals surface area contributed by atoms with E-state index in [1.54, 1.807) is 6.20 Å². The number of nitrogens with two attached hydrogens (primary N) is 1. The third-order valence-electron chi connectivity index (χ3n) is 4.62. The van der Waals surface area contributed by atoms with Gasteiger partial charge in [-0.1, -0.05) is 13.8 Å². The van der Waals surface area contributed by atoms with Crippen molar-refractivity contribution in [3.8, 4) is 0 Å². The van der Waals surface area contributed by atoms with E-state index >= 15 is 0 Å². The lowest BCUT2D eigenvalue weighted by Gasteiger charge is -2.34. The van der Waals surface area contributed by atoms with E-state index in [4.69, 9.17) is 5.73 Å². The molecule has 0 unspecified atom stereocenters. The lowest BCUT2D eigenvalue weighted by molar-refractivity contribution is 0.0911. The Bertz CT molecular complexity index is 662. The zero-order valence-electron chi connectivity index (χ0n) is 12.7. The van der Waals surface area contributed by atoms with E-state index in [1.807, 2.05) is 18.2 Å². The van der Waals surface area contributed by atoms with Crippen LogP contribution in [0.25, 0.3) is 10.9 Å². The molecule has 1 fully saturated rings. The maximum absolute atomic E-state index is 12.5. The molecule has 1 aliphatic carbocycles. The number of nitrogens with one attached hydrogen (secondary N) is 2. The SMILES string of the molecule is CC1(C)CCC(NC(=O)c2c[nH]c3cc(N)ccc23)CC1. The van der Waals surface area contributed by atoms with Crippen molar-refractivity contribution in [2.75, 3.05) is 5.73 Å². The zero-order chi connectivity index (χ0) is 15.0. The first kappa shape index (κ1) is 14.0. The lowest BCUT2D eigenvalue weighted by atomic mass is 9.75. The van der Waals surface area contributed by atoms with E-state index in [0.29, 0.717) is 22.7 Å². The molecule has 0 atom stereocenters. The number of hydrogen-bond acceptors (Lipinski definition) is 2. The number of fused-ring (bicyclic) bond motifs is 1. The second-order valence-electron chi connectivity index (χ2n) is 6.92. The summed E-state index contributed by atoms with van der Waals surface area (Å²) >= 11 is 0. The van der Waals surface area contributed by atoms with Crippen LogP contribution in [0, 0.1) is 5.41 Å². The van der Waals surface area contributed by atoms with Crippen LogP contribution in [0.5, 0.6) is 0 Å². The summed E-state index contributed by atoms with van der Waals surface area (Å²) in [5, 5.41) is 4.10. The fourth-order valence-corrected chi connectivity index (χ4v) is 3.14. The summed E-state index contributed by atoms with van der Waals surface area (Å²) in [6.45, 7) is 4.60. The number of anilines is 1. The molecule has 1 saturated carbocycles. The van der Waals surface area contributed by atoms with Crippen LogP contribution in [0.1, 0.15) is 49.9 Å². The van der Waals surface area contributed by atoms with Gasteiger partial charge in [0.2, 0.25) is 0 Å². The molecule has 4 heteroatoms. The van der Waals surface area contributed by atoms with Crippen molar-refractivity contribution >= 4 is 22.5 Å². The Balaban J connectivity index is 1.73. The van der Waals surface area contributed by atoms with Crippen LogP contribution >= 0.6 is 0 Å². The number of amides is 1. The Labute approximate surface area is 125 Å². The number of H-pyrrole nitrogens is 1. The largest absolute Gasteiger partial charge is 0.399 e. The van der Waals surface area contributed by atoms with Crippen LogP contribution in [0.4, 0.5) is 5.69 Å². The zero-order valence-corrected chi connectivity index (χ0v) is 12.7. The Kier molecular flexibility index (Phi) is 3.40. The average molecular weight is 285 g/mol. The van der Waals surface area contributed by atoms with E-state index in [0.717, 1.165) is 23.7 Å². The Morgan fingerprint density at radius 2 is 2.05 bits per heavy atom. The molecule has 0 radical (unpaired) electrons. The molecular weight excluding hydrogens is 262 g/mol. The molecule has 0 bridgehead atoms. The number of aromatic nitrogens is 1. The average Bonchev–Trinajstić information content (AvgIpc) is 2.84. The molecule has 1 amide bonds. The first-order valence-electron chi connectivity index (χ1n) is 7.62. The molecule has 1 aliphatic rings. The standard InChI is InChI=1S/C17H23N3O/c1-17(2)7-5-12(6-8-17)20-16(21)14-10-19-15-9-11(18)3-4-13(14)15/h3-4,9-10,12,19H,5-8,18H2,1-2H3,(H,20,21). The quantitative estimate of drug-likeness (QED) is 0.740. The molecule has 2 aromatic rings. The summed E-state index contributed by atoms with van der Waals surface area (Å²) in [5.74, 6) is 0.00993. The molecule has 112 valence electrons. The van der Waals surface area contributed by atoms with Gasteiger partial charge in [-0.05, 0) is 49.3 Å². The van der Waals surface area contributed by atoms with Gasteiger partial charge in [-0.25, -0.2) is 0 Å². The van der Waals surface area contributed by atoms with Crippen molar-refractivity contribution in [3.63, 3.8) is 0 Å². The van der Waals surface area contributed by atoms with E-state index < -0.39 is 0 Å². The van der Waals surface area contributed by atoms with Gasteiger partial charge in [-0.3, -0.25) is 4.79 Å². The fourth-order valence-electron chi connectivity index (χ4n) is 3.14. The van der Waals surface area contributed by atoms with Gasteiger partial charge in [0.05, 0.1) is 5.56 Å². The predicted octanol–water partition coefficient (Wildman–Crippen LogP) is 3.45. The minimum Gasteiger partial charge on any atom is -0.399 e. The molecule has 1 aromatic carbocycles. The van der Waals surface area contributed by atoms with Gasteiger partial charge in [0.1, 0.15) is 0 Å². The second kappa shape index (κ2) is 5.10. The highest BCUT2D eigenvalue weighted by Crippen LogP contribution is 2.35. The maximum atomic E-state index is 12.5. The monoisotopic (exact) mass is 285 g/mol. The lowest BCUT2D eigenvalue weighted by Crippen LogP contribution is -2.39. The number of rotatable bonds is 2. The molecule has 0 aliphatic heterocycles. The number of hydrogen-bond donors (Lipinski definition) is 3. The van der Waals surface area contributed by atoms with Gasteiger partial charge < -0.3 is 16.0 Å². The number of carbonyl (C=O) groups is 1. The number of aromatic amines is 1. The van der Waals surface area contributed by atoms with Crippen molar-refractivity contribution in [1.82, 2.24) is 10.3 Å². The topological polar surface area (TPSA) is 70.9 Å². The number of carbonyl (C=O) groups excluding carboxylic acids is 1. The highest BCUT2D eigenvalue weighted by Gasteiger charge is 2.28. The summed E-state index contributed by atoms with van der Waals surface area (Å²) in [4.78, 5) is 15.6. The molecule has 4 N–H and O–H groups in total. The van der Waals surface area contributed by atoms with Crippen LogP contribution in [-0.4, -0.2) is 16.9 Å². The van der Waals surface area contributed by atoms with Crippen LogP contribution in [0.2, 0.25) is 0 Å². The van der Waals surface area contributed by atoms with E-state index in [9.17, 15) is 4.79 Å². The van der Waals surface area contributed by atoms with Crippen molar-refractivity contribution in [1.29, 1.82) is 0 Å². The Hall–Kier alpha value is -1.97. The summed E-state index contributed by atoms with van der Waals surface area (Å²) in [5.41, 5.74) is 8.49. The summed E-state index contributed by atoms with van der Waals surface area (Å²) < 4.78 is 0. The van der Waals surface area contributed by atoms with Gasteiger partial charge in [0.25, 0.3) is 5.91 Å². The van der Waals surface area contributed by atoms with Crippen molar-refractivity contribution in [2.45, 2.75) is 45.6 Å². The fraction of sp³-hybridized carbons (Fsp3) is 0.471. The molecule has 21 heavy (non-hydrogen) atoms. The molecule has 0 spiro atoms. The predicted molar refractivity (Wildman–Crippen MR) is 86.2 cm³/mol. The molecule has 4 nitrogen and oxygen atoms in total. The Morgan fingerprint density at radius 1 is 1.33 bits per heavy atom. The van der Waals surface area contributed by atoms with E-state index in [-0.39, 0.29) is 5.91 Å². The highest BCUT2D eigenvalue weighted by molar-refractivity contribution is 6.07. The van der Waals surface area contributed by atoms with Crippen molar-refractivity contribution in [3.05, 3.63) is 30.0 Å². The smallest absolute Gasteiger partial charge is 0.253 e. The first-order valence-corrected chi connectivity index (χ1v) is 7.62. The van der Waals surface area contributed by atoms with Crippen LogP contribution in [-0.2, 0) is 0 Å². The molecule has 0 saturated heterocycles. The molecule has 1 heterocycles. The number of benzene rings is 1. The highest BCUT2D eigenvalue weighted by atomic mass is 16.1. The van der Waals surface area contributed by atoms with Gasteiger partial charge in [-0.15, -0.1) is 0 Å². The van der Waals surface area contributed by atoms with Crippen LogP contribution < -0.4 is 11.1 Å². The van der Waals surface area contributed by atoms with Crippen LogP contribution in [0.15, 0.2) is 24.4 Å². The van der Waals surface area contributed by atoms with E-state index in [2.05, 4.69) is 24.1 Å². The van der Waals surface area contributed by atoms with Gasteiger partial charge >= 0.3 is 0 Å². The minimum atomic E-state index is 0.00993. The summed E-state index contributed by atoms with van der Waals surface area (Å²) in [6.07, 6.45) is 6.24. The van der Waals surface area contributed by atoms with Crippen molar-refractivity contribution in [2.24, 2.45) is 5.41 Å². The molecule has 1 aromatic heterocycles. The van der Waals surface area contributed by atoms with Crippen molar-refractivity contribution < 1.29 is 4.79 Å². The third-order valence-corrected chi connectivity index (χ3v) is 4.62. The van der Waals surface area contributed by atoms with Crippen LogP contribution in [0.3, 0.4) is 0 Å². The summed E-state index contributed by atoms with van der Waals surface area (Å²) in [7, 11) is 0. The maximum Gasteiger partial charge on any atom is 0.253 e. The summed E-state index contributed by atoms with van der Waals surface area (Å²) in [6, 6.07) is 5.88. The normalized spacial score (nSPS) is 18.8. The van der Waals surface area contributed by atoms with Gasteiger partial charge in [0, 0.05) is 28.8 Å². The third kappa shape index (κ3) is 2.89. The number of nitrogen functional groups attached to an aromatic ring is 1. The van der Waals surface area contributed by atoms with E-state index in [1.165, 1.54) is 12.8 Å². The van der Waals surface area contributed by atoms with Gasteiger partial charge in [-0.2, -0.15) is 0 Å². The first-order chi connectivity index (χ1) is 9.94. The Morgan fingerprint density at radius 3 is 2.76 bits per heavy atom. The minimum absolute atomic E-state index is 0.00993. The molecular formula is C17H23N3O. The second-order valence-corrected chi connectivity index (χ2v) is 6.92. The van der Waals surface area contributed by atoms with Gasteiger partial charge in [0.15, 0.2) is 0 Å². The molecule has 3 rings (SSSR count).